The van der Waals surface area contributed by atoms with Crippen molar-refractivity contribution in [2.75, 3.05) is 26.3 Å². The third-order valence-electron chi connectivity index (χ3n) is 2.01. The molecule has 0 atom stereocenters. The molecule has 0 aliphatic carbocycles. The number of carbonyl (C=O) groups excluding carboxylic acids is 1. The molecule has 1 aromatic heterocycles. The highest BCUT2D eigenvalue weighted by Gasteiger charge is 2.09. The van der Waals surface area contributed by atoms with Crippen LogP contribution in [0.25, 0.3) is 0 Å². The van der Waals surface area contributed by atoms with Gasteiger partial charge in [0.25, 0.3) is 5.91 Å². The Morgan fingerprint density at radius 1 is 1.67 bits per heavy atom. The summed E-state index contributed by atoms with van der Waals surface area (Å²) in [4.78, 5) is 11.6. The Morgan fingerprint density at radius 3 is 3.11 bits per heavy atom. The smallest absolute Gasteiger partial charge is 0.273 e. The van der Waals surface area contributed by atoms with Crippen LogP contribution in [0, 0.1) is 0 Å². The second kappa shape index (κ2) is 7.57. The van der Waals surface area contributed by atoms with E-state index in [4.69, 9.17) is 10.5 Å². The highest BCUT2D eigenvalue weighted by Crippen LogP contribution is 1.92. The fraction of sp³-hybridized carbons (Fsp3) is 0.545. The van der Waals surface area contributed by atoms with E-state index in [1.807, 2.05) is 6.92 Å². The summed E-state index contributed by atoms with van der Waals surface area (Å²) < 4.78 is 6.79. The van der Waals surface area contributed by atoms with Crippen molar-refractivity contribution in [1.82, 2.24) is 20.3 Å². The lowest BCUT2D eigenvalue weighted by atomic mass is 10.4. The summed E-state index contributed by atoms with van der Waals surface area (Å²) in [5, 5.41) is 10.2. The predicted octanol–water partition coefficient (Wildman–Crippen LogP) is -0.441. The minimum Gasteiger partial charge on any atom is -0.375 e. The van der Waals surface area contributed by atoms with Gasteiger partial charge in [-0.1, -0.05) is 17.4 Å². The van der Waals surface area contributed by atoms with Gasteiger partial charge in [0.1, 0.15) is 0 Å². The molecule has 0 aliphatic rings. The SMILES string of the molecule is C=C(C)COCCNC(=O)c1cn(CCN)nn1. The van der Waals surface area contributed by atoms with Crippen LogP contribution in [0.3, 0.4) is 0 Å². The highest BCUT2D eigenvalue weighted by molar-refractivity contribution is 5.91. The molecule has 0 unspecified atom stereocenters. The van der Waals surface area contributed by atoms with E-state index in [0.717, 1.165) is 5.57 Å². The van der Waals surface area contributed by atoms with Crippen LogP contribution in [-0.4, -0.2) is 47.2 Å². The lowest BCUT2D eigenvalue weighted by Crippen LogP contribution is -2.27. The van der Waals surface area contributed by atoms with Crippen molar-refractivity contribution in [2.45, 2.75) is 13.5 Å². The van der Waals surface area contributed by atoms with E-state index < -0.39 is 0 Å². The number of amides is 1. The average Bonchev–Trinajstić information content (AvgIpc) is 2.77. The van der Waals surface area contributed by atoms with E-state index in [2.05, 4.69) is 22.2 Å². The van der Waals surface area contributed by atoms with Crippen molar-refractivity contribution in [3.05, 3.63) is 24.0 Å². The van der Waals surface area contributed by atoms with Gasteiger partial charge in [-0.3, -0.25) is 9.48 Å². The summed E-state index contributed by atoms with van der Waals surface area (Å²) in [6.07, 6.45) is 1.57. The average molecular weight is 253 g/mol. The maximum Gasteiger partial charge on any atom is 0.273 e. The zero-order valence-electron chi connectivity index (χ0n) is 10.6. The third-order valence-corrected chi connectivity index (χ3v) is 2.01. The third kappa shape index (κ3) is 5.07. The number of aromatic nitrogens is 3. The molecule has 0 radical (unpaired) electrons. The Kier molecular flexibility index (Phi) is 6.03. The van der Waals surface area contributed by atoms with Gasteiger partial charge in [0.15, 0.2) is 5.69 Å². The van der Waals surface area contributed by atoms with Gasteiger partial charge in [0.05, 0.1) is 26.0 Å². The maximum absolute atomic E-state index is 11.6. The number of nitrogens with one attached hydrogen (secondary N) is 1. The number of ether oxygens (including phenoxy) is 1. The molecule has 18 heavy (non-hydrogen) atoms. The molecule has 1 aromatic rings. The summed E-state index contributed by atoms with van der Waals surface area (Å²) in [7, 11) is 0. The van der Waals surface area contributed by atoms with E-state index >= 15 is 0 Å². The van der Waals surface area contributed by atoms with Crippen molar-refractivity contribution >= 4 is 5.91 Å². The molecule has 3 N–H and O–H groups in total. The number of hydrogen-bond acceptors (Lipinski definition) is 5. The number of hydrogen-bond donors (Lipinski definition) is 2. The van der Waals surface area contributed by atoms with Gasteiger partial charge in [-0.2, -0.15) is 0 Å². The Balaban J connectivity index is 2.25. The molecule has 0 saturated carbocycles. The summed E-state index contributed by atoms with van der Waals surface area (Å²) in [5.74, 6) is -0.266. The van der Waals surface area contributed by atoms with Crippen LogP contribution in [-0.2, 0) is 11.3 Å². The first-order chi connectivity index (χ1) is 8.63. The molecular formula is C11H19N5O2. The van der Waals surface area contributed by atoms with Crippen molar-refractivity contribution in [1.29, 1.82) is 0 Å². The van der Waals surface area contributed by atoms with Gasteiger partial charge in [-0.15, -0.1) is 5.10 Å². The second-order valence-corrected chi connectivity index (χ2v) is 3.92. The van der Waals surface area contributed by atoms with Crippen LogP contribution in [0.15, 0.2) is 18.3 Å². The number of nitrogens with two attached hydrogens (primary N) is 1. The molecule has 0 spiro atoms. The first kappa shape index (κ1) is 14.3. The van der Waals surface area contributed by atoms with Gasteiger partial charge in [0, 0.05) is 13.1 Å². The summed E-state index contributed by atoms with van der Waals surface area (Å²) in [5.41, 5.74) is 6.60. The Morgan fingerprint density at radius 2 is 2.44 bits per heavy atom. The lowest BCUT2D eigenvalue weighted by Gasteiger charge is -2.04. The molecule has 7 nitrogen and oxygen atoms in total. The maximum atomic E-state index is 11.6. The molecular weight excluding hydrogens is 234 g/mol. The molecule has 1 rings (SSSR count). The molecule has 0 bridgehead atoms. The van der Waals surface area contributed by atoms with Crippen molar-refractivity contribution in [3.63, 3.8) is 0 Å². The van der Waals surface area contributed by atoms with Crippen LogP contribution in [0.4, 0.5) is 0 Å². The van der Waals surface area contributed by atoms with Gasteiger partial charge in [0.2, 0.25) is 0 Å². The Bertz CT molecular complexity index is 402. The molecule has 0 aromatic carbocycles. The zero-order valence-corrected chi connectivity index (χ0v) is 10.6. The van der Waals surface area contributed by atoms with Gasteiger partial charge in [-0.25, -0.2) is 0 Å². The summed E-state index contributed by atoms with van der Waals surface area (Å²) >= 11 is 0. The minimum absolute atomic E-state index is 0.266. The first-order valence-electron chi connectivity index (χ1n) is 5.74. The summed E-state index contributed by atoms with van der Waals surface area (Å²) in [6, 6.07) is 0. The fourth-order valence-electron chi connectivity index (χ4n) is 1.22. The highest BCUT2D eigenvalue weighted by atomic mass is 16.5. The van der Waals surface area contributed by atoms with Gasteiger partial charge < -0.3 is 15.8 Å². The molecule has 0 aliphatic heterocycles. The van der Waals surface area contributed by atoms with E-state index in [-0.39, 0.29) is 11.6 Å². The monoisotopic (exact) mass is 253 g/mol. The van der Waals surface area contributed by atoms with Crippen molar-refractivity contribution in [3.8, 4) is 0 Å². The van der Waals surface area contributed by atoms with Gasteiger partial charge >= 0.3 is 0 Å². The molecule has 1 amide bonds. The normalized spacial score (nSPS) is 10.3. The predicted molar refractivity (Wildman–Crippen MR) is 67.0 cm³/mol. The van der Waals surface area contributed by atoms with E-state index in [0.29, 0.717) is 32.8 Å². The summed E-state index contributed by atoms with van der Waals surface area (Å²) in [6.45, 7) is 7.97. The van der Waals surface area contributed by atoms with Crippen LogP contribution in [0.1, 0.15) is 17.4 Å². The Labute approximate surface area is 106 Å². The number of carbonyl (C=O) groups is 1. The Hall–Kier alpha value is -1.73. The topological polar surface area (TPSA) is 95.1 Å². The lowest BCUT2D eigenvalue weighted by molar-refractivity contribution is 0.0922. The van der Waals surface area contributed by atoms with Crippen LogP contribution >= 0.6 is 0 Å². The number of nitrogens with zero attached hydrogens (tertiary/aromatic N) is 3. The molecule has 100 valence electrons. The van der Waals surface area contributed by atoms with Crippen LogP contribution in [0.2, 0.25) is 0 Å². The van der Waals surface area contributed by atoms with Crippen molar-refractivity contribution < 1.29 is 9.53 Å². The van der Waals surface area contributed by atoms with E-state index in [1.54, 1.807) is 6.20 Å². The standard InChI is InChI=1S/C11H19N5O2/c1-9(2)8-18-6-4-13-11(17)10-7-16(5-3-12)15-14-10/h7H,1,3-6,8,12H2,2H3,(H,13,17). The molecule has 0 saturated heterocycles. The zero-order chi connectivity index (χ0) is 13.4. The fourth-order valence-corrected chi connectivity index (χ4v) is 1.22. The first-order valence-corrected chi connectivity index (χ1v) is 5.74. The second-order valence-electron chi connectivity index (χ2n) is 3.92. The van der Waals surface area contributed by atoms with Gasteiger partial charge in [-0.05, 0) is 6.92 Å². The largest absolute Gasteiger partial charge is 0.375 e. The number of rotatable bonds is 8. The van der Waals surface area contributed by atoms with Crippen LogP contribution < -0.4 is 11.1 Å². The molecule has 1 heterocycles. The van der Waals surface area contributed by atoms with E-state index in [9.17, 15) is 4.79 Å². The minimum atomic E-state index is -0.266. The molecule has 7 heteroatoms. The van der Waals surface area contributed by atoms with E-state index in [1.165, 1.54) is 4.68 Å². The quantitative estimate of drug-likeness (QED) is 0.484. The van der Waals surface area contributed by atoms with Crippen LogP contribution in [0.5, 0.6) is 0 Å². The molecule has 0 fully saturated rings. The van der Waals surface area contributed by atoms with Crippen molar-refractivity contribution in [2.24, 2.45) is 5.73 Å².